The highest BCUT2D eigenvalue weighted by molar-refractivity contribution is 5.81. The summed E-state index contributed by atoms with van der Waals surface area (Å²) in [7, 11) is 2.13. The molecule has 0 aliphatic carbocycles. The van der Waals surface area contributed by atoms with Gasteiger partial charge in [0, 0.05) is 18.1 Å². The van der Waals surface area contributed by atoms with E-state index >= 15 is 0 Å². The van der Waals surface area contributed by atoms with Crippen molar-refractivity contribution in [1.29, 1.82) is 0 Å². The predicted octanol–water partition coefficient (Wildman–Crippen LogP) is 4.04. The Bertz CT molecular complexity index is 1150. The van der Waals surface area contributed by atoms with E-state index in [9.17, 15) is 0 Å². The van der Waals surface area contributed by atoms with Crippen LogP contribution in [-0.4, -0.2) is 9.55 Å². The molecule has 4 aromatic rings. The van der Waals surface area contributed by atoms with Gasteiger partial charge in [-0.15, -0.1) is 0 Å². The third-order valence-electron chi connectivity index (χ3n) is 5.25. The Morgan fingerprint density at radius 3 is 2.72 bits per heavy atom. The minimum Gasteiger partial charge on any atom is -0.295 e. The maximum Gasteiger partial charge on any atom is 0.218 e. The van der Waals surface area contributed by atoms with Crippen molar-refractivity contribution in [3.05, 3.63) is 77.2 Å². The fourth-order valence-electron chi connectivity index (χ4n) is 4.13. The van der Waals surface area contributed by atoms with Crippen LogP contribution in [0.5, 0.6) is 0 Å². The van der Waals surface area contributed by atoms with Gasteiger partial charge < -0.3 is 0 Å². The molecule has 0 fully saturated rings. The molecule has 0 N–H and O–H groups in total. The Hall–Kier alpha value is -2.94. The highest BCUT2D eigenvalue weighted by atomic mass is 15.1. The first-order valence-corrected chi connectivity index (χ1v) is 8.69. The molecule has 0 bridgehead atoms. The fraction of sp³-hybridized carbons (Fsp3) is 0.182. The number of fused-ring (bicyclic) bond motifs is 5. The number of aromatic nitrogens is 3. The van der Waals surface area contributed by atoms with E-state index in [0.717, 1.165) is 17.8 Å². The molecule has 1 aliphatic rings. The second-order valence-corrected chi connectivity index (χ2v) is 6.99. The summed E-state index contributed by atoms with van der Waals surface area (Å²) in [5, 5.41) is 0. The van der Waals surface area contributed by atoms with Gasteiger partial charge in [-0.25, -0.2) is 9.55 Å². The Kier molecular flexibility index (Phi) is 2.90. The van der Waals surface area contributed by atoms with E-state index in [2.05, 4.69) is 84.8 Å². The first-order chi connectivity index (χ1) is 12.1. The van der Waals surface area contributed by atoms with Crippen molar-refractivity contribution in [2.45, 2.75) is 20.3 Å². The molecular weight excluding hydrogens is 306 g/mol. The Morgan fingerprint density at radius 2 is 1.88 bits per heavy atom. The summed E-state index contributed by atoms with van der Waals surface area (Å²) >= 11 is 0. The molecule has 0 unspecified atom stereocenters. The molecule has 0 atom stereocenters. The summed E-state index contributed by atoms with van der Waals surface area (Å²) in [6.07, 6.45) is 3.04. The molecule has 3 heteroatoms. The van der Waals surface area contributed by atoms with Crippen molar-refractivity contribution in [1.82, 2.24) is 9.55 Å². The lowest BCUT2D eigenvalue weighted by molar-refractivity contribution is -0.660. The summed E-state index contributed by atoms with van der Waals surface area (Å²) in [6.45, 7) is 4.35. The Balaban J connectivity index is 1.80. The molecule has 0 amide bonds. The van der Waals surface area contributed by atoms with Gasteiger partial charge in [0.05, 0.1) is 22.3 Å². The van der Waals surface area contributed by atoms with Crippen molar-refractivity contribution in [3.63, 3.8) is 0 Å². The van der Waals surface area contributed by atoms with Crippen LogP contribution in [0.3, 0.4) is 0 Å². The molecule has 2 aromatic heterocycles. The van der Waals surface area contributed by atoms with Crippen LogP contribution in [-0.2, 0) is 13.5 Å². The molecule has 5 rings (SSSR count). The average molecular weight is 326 g/mol. The van der Waals surface area contributed by atoms with Crippen LogP contribution in [0.4, 0.5) is 0 Å². The van der Waals surface area contributed by atoms with Crippen LogP contribution in [0.2, 0.25) is 0 Å². The predicted molar refractivity (Wildman–Crippen MR) is 100.0 cm³/mol. The first kappa shape index (κ1) is 14.4. The molecule has 3 heterocycles. The highest BCUT2D eigenvalue weighted by Crippen LogP contribution is 2.36. The number of nitrogens with zero attached hydrogens (tertiary/aromatic N) is 3. The van der Waals surface area contributed by atoms with Crippen molar-refractivity contribution in [2.24, 2.45) is 7.05 Å². The van der Waals surface area contributed by atoms with Gasteiger partial charge in [-0.05, 0) is 37.6 Å². The zero-order chi connectivity index (χ0) is 17.1. The minimum atomic E-state index is 0.876. The maximum atomic E-state index is 4.86. The van der Waals surface area contributed by atoms with Gasteiger partial charge in [-0.3, -0.25) is 4.57 Å². The lowest BCUT2D eigenvalue weighted by atomic mass is 9.97. The number of hydrogen-bond donors (Lipinski definition) is 0. The number of pyridine rings is 1. The first-order valence-electron chi connectivity index (χ1n) is 8.69. The van der Waals surface area contributed by atoms with Gasteiger partial charge in [0.1, 0.15) is 12.9 Å². The van der Waals surface area contributed by atoms with Crippen molar-refractivity contribution in [3.8, 4) is 16.9 Å². The molecule has 122 valence electrons. The largest absolute Gasteiger partial charge is 0.295 e. The van der Waals surface area contributed by atoms with Gasteiger partial charge in [0.25, 0.3) is 0 Å². The van der Waals surface area contributed by atoms with Crippen molar-refractivity contribution < 1.29 is 4.57 Å². The molecule has 0 spiro atoms. The summed E-state index contributed by atoms with van der Waals surface area (Å²) in [6, 6.07) is 17.3. The summed E-state index contributed by atoms with van der Waals surface area (Å²) in [5.74, 6) is 1.13. The summed E-state index contributed by atoms with van der Waals surface area (Å²) < 4.78 is 4.56. The third-order valence-corrected chi connectivity index (χ3v) is 5.25. The summed E-state index contributed by atoms with van der Waals surface area (Å²) in [5.41, 5.74) is 10.1. The zero-order valence-corrected chi connectivity index (χ0v) is 14.7. The second-order valence-electron chi connectivity index (χ2n) is 6.99. The molecule has 0 saturated heterocycles. The van der Waals surface area contributed by atoms with Gasteiger partial charge in [-0.1, -0.05) is 29.8 Å². The molecule has 25 heavy (non-hydrogen) atoms. The van der Waals surface area contributed by atoms with E-state index in [1.807, 2.05) is 0 Å². The zero-order valence-electron chi connectivity index (χ0n) is 14.7. The minimum absolute atomic E-state index is 0.876. The van der Waals surface area contributed by atoms with Gasteiger partial charge in [0.2, 0.25) is 5.69 Å². The van der Waals surface area contributed by atoms with Crippen LogP contribution >= 0.6 is 0 Å². The molecule has 2 aromatic carbocycles. The topological polar surface area (TPSA) is 21.7 Å². The fourth-order valence-corrected chi connectivity index (χ4v) is 4.13. The van der Waals surface area contributed by atoms with Crippen LogP contribution in [0, 0.1) is 13.8 Å². The number of hydrogen-bond acceptors (Lipinski definition) is 1. The normalized spacial score (nSPS) is 12.4. The maximum absolute atomic E-state index is 4.86. The van der Waals surface area contributed by atoms with Gasteiger partial charge in [0.15, 0.2) is 6.20 Å². The van der Waals surface area contributed by atoms with Crippen LogP contribution < -0.4 is 4.57 Å². The van der Waals surface area contributed by atoms with E-state index in [4.69, 9.17) is 4.98 Å². The molecular formula is C22H20N3+. The smallest absolute Gasteiger partial charge is 0.218 e. The van der Waals surface area contributed by atoms with E-state index < -0.39 is 0 Å². The monoisotopic (exact) mass is 326 g/mol. The van der Waals surface area contributed by atoms with Crippen LogP contribution in [0.15, 0.2) is 54.7 Å². The lowest BCUT2D eigenvalue weighted by Crippen LogP contribution is -2.32. The number of imidazole rings is 1. The Labute approximate surface area is 147 Å². The second kappa shape index (κ2) is 5.03. The van der Waals surface area contributed by atoms with Gasteiger partial charge in [-0.2, -0.15) is 0 Å². The van der Waals surface area contributed by atoms with Crippen molar-refractivity contribution >= 4 is 11.0 Å². The number of aryl methyl sites for hydroxylation is 3. The summed E-state index contributed by atoms with van der Waals surface area (Å²) in [4.78, 5) is 4.86. The van der Waals surface area contributed by atoms with Gasteiger partial charge >= 0.3 is 0 Å². The van der Waals surface area contributed by atoms with E-state index in [0.29, 0.717) is 0 Å². The third kappa shape index (κ3) is 1.99. The van der Waals surface area contributed by atoms with E-state index in [-0.39, 0.29) is 0 Å². The number of para-hydroxylation sites is 2. The molecule has 0 radical (unpaired) electrons. The quantitative estimate of drug-likeness (QED) is 0.426. The average Bonchev–Trinajstić information content (AvgIpc) is 3.11. The van der Waals surface area contributed by atoms with Crippen molar-refractivity contribution in [2.75, 3.05) is 0 Å². The lowest BCUT2D eigenvalue weighted by Gasteiger charge is -2.10. The number of benzene rings is 2. The van der Waals surface area contributed by atoms with E-state index in [1.54, 1.807) is 0 Å². The SMILES string of the molecule is Cc1ccc(-c2c3c(cc[n+]2C)-n2c(nc4ccccc42)C3)c(C)c1. The van der Waals surface area contributed by atoms with Crippen LogP contribution in [0.1, 0.15) is 22.5 Å². The molecule has 3 nitrogen and oxygen atoms in total. The molecule has 1 aliphatic heterocycles. The molecule has 0 saturated carbocycles. The van der Waals surface area contributed by atoms with Crippen LogP contribution in [0.25, 0.3) is 28.0 Å². The standard InChI is InChI=1S/C22H20N3/c1-14-8-9-16(15(2)12-14)22-17-13-21-23-18-6-4-5-7-20(18)25(21)19(17)10-11-24(22)3/h4-12H,13H2,1-3H3/q+1. The Morgan fingerprint density at radius 1 is 1.04 bits per heavy atom. The number of rotatable bonds is 1. The van der Waals surface area contributed by atoms with E-state index in [1.165, 1.54) is 39.2 Å². The highest BCUT2D eigenvalue weighted by Gasteiger charge is 2.30.